The molecule has 0 saturated carbocycles. The lowest BCUT2D eigenvalue weighted by Crippen LogP contribution is -2.49. The lowest BCUT2D eigenvalue weighted by molar-refractivity contribution is -0.145. The average molecular weight is 396 g/mol. The second kappa shape index (κ2) is 8.21. The third kappa shape index (κ3) is 3.96. The van der Waals surface area contributed by atoms with Crippen molar-refractivity contribution in [2.45, 2.75) is 30.8 Å². The van der Waals surface area contributed by atoms with Crippen LogP contribution in [0.15, 0.2) is 48.7 Å². The Bertz CT molecular complexity index is 872. The Labute approximate surface area is 169 Å². The predicted molar refractivity (Wildman–Crippen MR) is 105 cm³/mol. The number of piperidine rings is 1. The minimum Gasteiger partial charge on any atom is -0.481 e. The minimum atomic E-state index is -0.951. The third-order valence-electron chi connectivity index (χ3n) is 5.80. The van der Waals surface area contributed by atoms with Crippen LogP contribution in [0.25, 0.3) is 0 Å². The molecule has 1 amide bonds. The molecule has 4 rings (SSSR count). The Morgan fingerprint density at radius 1 is 1.17 bits per heavy atom. The molecule has 0 aliphatic carbocycles. The summed E-state index contributed by atoms with van der Waals surface area (Å²) in [5, 5.41) is 9.92. The number of aromatic nitrogens is 1. The SMILES string of the molecule is O=C(c1ccnc(OC2CCOC2)c1)N1CCC(C(=O)O)(c2ccccc2)CC1. The summed E-state index contributed by atoms with van der Waals surface area (Å²) in [6, 6.07) is 12.6. The number of carbonyl (C=O) groups excluding carboxylic acids is 1. The first-order valence-corrected chi connectivity index (χ1v) is 9.87. The highest BCUT2D eigenvalue weighted by Crippen LogP contribution is 2.36. The lowest BCUT2D eigenvalue weighted by Gasteiger charge is -2.39. The summed E-state index contributed by atoms with van der Waals surface area (Å²) in [7, 11) is 0. The second-order valence-corrected chi connectivity index (χ2v) is 7.53. The molecule has 2 aliphatic rings. The zero-order chi connectivity index (χ0) is 20.3. The Morgan fingerprint density at radius 3 is 2.59 bits per heavy atom. The van der Waals surface area contributed by atoms with Gasteiger partial charge < -0.3 is 19.5 Å². The average Bonchev–Trinajstić information content (AvgIpc) is 3.27. The number of pyridine rings is 1. The van der Waals surface area contributed by atoms with Crippen LogP contribution >= 0.6 is 0 Å². The molecule has 1 aromatic heterocycles. The zero-order valence-corrected chi connectivity index (χ0v) is 16.1. The van der Waals surface area contributed by atoms with E-state index >= 15 is 0 Å². The van der Waals surface area contributed by atoms with Gasteiger partial charge in [-0.3, -0.25) is 9.59 Å². The smallest absolute Gasteiger partial charge is 0.314 e. The Hall–Kier alpha value is -2.93. The van der Waals surface area contributed by atoms with Crippen LogP contribution in [0.2, 0.25) is 0 Å². The maximum absolute atomic E-state index is 13.0. The van der Waals surface area contributed by atoms with Crippen LogP contribution in [0.5, 0.6) is 5.88 Å². The third-order valence-corrected chi connectivity index (χ3v) is 5.80. The molecule has 1 N–H and O–H groups in total. The van der Waals surface area contributed by atoms with Gasteiger partial charge in [-0.15, -0.1) is 0 Å². The van der Waals surface area contributed by atoms with Gasteiger partial charge in [0.05, 0.1) is 18.6 Å². The Balaban J connectivity index is 1.45. The second-order valence-electron chi connectivity index (χ2n) is 7.53. The molecule has 152 valence electrons. The van der Waals surface area contributed by atoms with E-state index in [4.69, 9.17) is 9.47 Å². The van der Waals surface area contributed by atoms with E-state index in [-0.39, 0.29) is 12.0 Å². The van der Waals surface area contributed by atoms with Crippen LogP contribution in [0.3, 0.4) is 0 Å². The van der Waals surface area contributed by atoms with E-state index < -0.39 is 11.4 Å². The molecule has 3 heterocycles. The number of hydrogen-bond acceptors (Lipinski definition) is 5. The maximum Gasteiger partial charge on any atom is 0.314 e. The maximum atomic E-state index is 13.0. The van der Waals surface area contributed by atoms with Gasteiger partial charge in [-0.05, 0) is 24.5 Å². The number of aliphatic carboxylic acids is 1. The summed E-state index contributed by atoms with van der Waals surface area (Å²) in [4.78, 5) is 31.0. The molecule has 2 aliphatic heterocycles. The summed E-state index contributed by atoms with van der Waals surface area (Å²) in [5.41, 5.74) is 0.335. The number of benzene rings is 1. The van der Waals surface area contributed by atoms with Gasteiger partial charge in [0.15, 0.2) is 0 Å². The van der Waals surface area contributed by atoms with Crippen LogP contribution in [-0.4, -0.2) is 59.3 Å². The molecule has 1 atom stereocenters. The Morgan fingerprint density at radius 2 is 1.93 bits per heavy atom. The van der Waals surface area contributed by atoms with Crippen molar-refractivity contribution in [2.24, 2.45) is 0 Å². The van der Waals surface area contributed by atoms with Crippen LogP contribution < -0.4 is 4.74 Å². The summed E-state index contributed by atoms with van der Waals surface area (Å²) in [5.74, 6) is -0.561. The number of nitrogens with zero attached hydrogens (tertiary/aromatic N) is 2. The number of rotatable bonds is 5. The standard InChI is InChI=1S/C22H24N2O5/c25-20(16-6-10-23-19(14-16)29-18-7-13-28-15-18)24-11-8-22(9-12-24,21(26)27)17-4-2-1-3-5-17/h1-6,10,14,18H,7-9,11-13,15H2,(H,26,27). The van der Waals surface area contributed by atoms with Crippen molar-refractivity contribution < 1.29 is 24.2 Å². The van der Waals surface area contributed by atoms with E-state index in [0.717, 1.165) is 12.0 Å². The minimum absolute atomic E-state index is 0.0371. The first-order valence-electron chi connectivity index (χ1n) is 9.87. The molecule has 0 spiro atoms. The van der Waals surface area contributed by atoms with E-state index in [9.17, 15) is 14.7 Å². The summed E-state index contributed by atoms with van der Waals surface area (Å²) >= 11 is 0. The van der Waals surface area contributed by atoms with Crippen molar-refractivity contribution in [2.75, 3.05) is 26.3 Å². The van der Waals surface area contributed by atoms with Crippen LogP contribution in [0, 0.1) is 0 Å². The molecular weight excluding hydrogens is 372 g/mol. The van der Waals surface area contributed by atoms with Crippen molar-refractivity contribution in [1.29, 1.82) is 0 Å². The molecule has 7 heteroatoms. The fourth-order valence-electron chi connectivity index (χ4n) is 4.04. The van der Waals surface area contributed by atoms with E-state index in [1.54, 1.807) is 23.2 Å². The van der Waals surface area contributed by atoms with Crippen molar-refractivity contribution in [1.82, 2.24) is 9.88 Å². The number of amides is 1. The summed E-state index contributed by atoms with van der Waals surface area (Å²) < 4.78 is 11.1. The van der Waals surface area contributed by atoms with Gasteiger partial charge in [-0.1, -0.05) is 30.3 Å². The molecule has 2 aromatic rings. The highest BCUT2D eigenvalue weighted by molar-refractivity contribution is 5.94. The lowest BCUT2D eigenvalue weighted by atomic mass is 9.73. The number of likely N-dealkylation sites (tertiary alicyclic amines) is 1. The first kappa shape index (κ1) is 19.4. The number of ether oxygens (including phenoxy) is 2. The fraction of sp³-hybridized carbons (Fsp3) is 0.409. The van der Waals surface area contributed by atoms with Crippen LogP contribution in [0.1, 0.15) is 35.2 Å². The predicted octanol–water partition coefficient (Wildman–Crippen LogP) is 2.51. The van der Waals surface area contributed by atoms with Gasteiger partial charge in [0.1, 0.15) is 6.10 Å². The van der Waals surface area contributed by atoms with Gasteiger partial charge in [0, 0.05) is 37.3 Å². The summed E-state index contributed by atoms with van der Waals surface area (Å²) in [6.07, 6.45) is 3.10. The Kier molecular flexibility index (Phi) is 5.49. The molecule has 1 unspecified atom stereocenters. The highest BCUT2D eigenvalue weighted by atomic mass is 16.5. The van der Waals surface area contributed by atoms with Gasteiger partial charge in [-0.25, -0.2) is 4.98 Å². The van der Waals surface area contributed by atoms with Gasteiger partial charge in [-0.2, -0.15) is 0 Å². The monoisotopic (exact) mass is 396 g/mol. The van der Waals surface area contributed by atoms with Crippen molar-refractivity contribution >= 4 is 11.9 Å². The summed E-state index contributed by atoms with van der Waals surface area (Å²) in [6.45, 7) is 1.97. The van der Waals surface area contributed by atoms with Crippen molar-refractivity contribution in [3.63, 3.8) is 0 Å². The molecule has 0 radical (unpaired) electrons. The van der Waals surface area contributed by atoms with Crippen molar-refractivity contribution in [3.05, 3.63) is 59.8 Å². The molecule has 29 heavy (non-hydrogen) atoms. The molecule has 7 nitrogen and oxygen atoms in total. The molecule has 2 saturated heterocycles. The largest absolute Gasteiger partial charge is 0.481 e. The first-order chi connectivity index (χ1) is 14.1. The number of hydrogen-bond donors (Lipinski definition) is 1. The van der Waals surface area contributed by atoms with Crippen molar-refractivity contribution in [3.8, 4) is 5.88 Å². The highest BCUT2D eigenvalue weighted by Gasteiger charge is 2.43. The number of carboxylic acid groups (broad SMARTS) is 1. The zero-order valence-electron chi connectivity index (χ0n) is 16.1. The van der Waals surface area contributed by atoms with E-state index in [2.05, 4.69) is 4.98 Å². The normalized spacial score (nSPS) is 21.0. The topological polar surface area (TPSA) is 89.0 Å². The molecule has 2 fully saturated rings. The quantitative estimate of drug-likeness (QED) is 0.835. The molecular formula is C22H24N2O5. The van der Waals surface area contributed by atoms with Gasteiger partial charge in [0.2, 0.25) is 5.88 Å². The molecule has 1 aromatic carbocycles. The van der Waals surface area contributed by atoms with Gasteiger partial charge >= 0.3 is 5.97 Å². The fourth-order valence-corrected chi connectivity index (χ4v) is 4.04. The molecule has 0 bridgehead atoms. The number of carbonyl (C=O) groups is 2. The van der Waals surface area contributed by atoms with Gasteiger partial charge in [0.25, 0.3) is 5.91 Å². The van der Waals surface area contributed by atoms with Crippen LogP contribution in [-0.2, 0) is 14.9 Å². The van der Waals surface area contributed by atoms with Crippen LogP contribution in [0.4, 0.5) is 0 Å². The number of carboxylic acids is 1. The van der Waals surface area contributed by atoms with E-state index in [1.165, 1.54) is 0 Å². The van der Waals surface area contributed by atoms with E-state index in [1.807, 2.05) is 30.3 Å². The van der Waals surface area contributed by atoms with E-state index in [0.29, 0.717) is 50.6 Å².